The van der Waals surface area contributed by atoms with Crippen LogP contribution in [0.5, 0.6) is 11.5 Å². The lowest BCUT2D eigenvalue weighted by atomic mass is 10.1. The van der Waals surface area contributed by atoms with Crippen LogP contribution in [-0.4, -0.2) is 13.1 Å². The van der Waals surface area contributed by atoms with Crippen LogP contribution in [0.25, 0.3) is 10.8 Å². The summed E-state index contributed by atoms with van der Waals surface area (Å²) in [6.07, 6.45) is 1.14. The molecule has 0 bridgehead atoms. The average molecular weight is 228 g/mol. The van der Waals surface area contributed by atoms with E-state index in [2.05, 4.69) is 6.58 Å². The highest BCUT2D eigenvalue weighted by Gasteiger charge is 2.08. The van der Waals surface area contributed by atoms with Crippen molar-refractivity contribution in [3.63, 3.8) is 0 Å². The van der Waals surface area contributed by atoms with Crippen LogP contribution in [0.3, 0.4) is 0 Å². The number of hydrogen-bond donors (Lipinski definition) is 0. The number of carbonyl (C=O) groups excluding carboxylic acids is 1. The maximum absolute atomic E-state index is 11.2. The average Bonchev–Trinajstić information content (AvgIpc) is 2.39. The van der Waals surface area contributed by atoms with E-state index in [-0.39, 0.29) is 0 Å². The minimum absolute atomic E-state index is 0.472. The van der Waals surface area contributed by atoms with Crippen LogP contribution in [0.4, 0.5) is 0 Å². The summed E-state index contributed by atoms with van der Waals surface area (Å²) < 4.78 is 10.4. The van der Waals surface area contributed by atoms with Crippen LogP contribution in [0.1, 0.15) is 0 Å². The molecule has 0 atom stereocenters. The molecule has 3 heteroatoms. The molecule has 0 spiro atoms. The van der Waals surface area contributed by atoms with E-state index in [1.54, 1.807) is 19.2 Å². The van der Waals surface area contributed by atoms with Crippen LogP contribution in [0.15, 0.2) is 49.1 Å². The van der Waals surface area contributed by atoms with Gasteiger partial charge in [-0.05, 0) is 12.1 Å². The Morgan fingerprint density at radius 1 is 1.12 bits per heavy atom. The van der Waals surface area contributed by atoms with Gasteiger partial charge in [-0.15, -0.1) is 0 Å². The summed E-state index contributed by atoms with van der Waals surface area (Å²) in [7, 11) is 1.61. The van der Waals surface area contributed by atoms with Gasteiger partial charge in [0.05, 0.1) is 7.11 Å². The molecule has 0 unspecified atom stereocenters. The smallest absolute Gasteiger partial charge is 0.335 e. The summed E-state index contributed by atoms with van der Waals surface area (Å²) in [6, 6.07) is 11.1. The monoisotopic (exact) mass is 228 g/mol. The van der Waals surface area contributed by atoms with Crippen molar-refractivity contribution >= 4 is 16.7 Å². The van der Waals surface area contributed by atoms with Crippen LogP contribution < -0.4 is 9.47 Å². The zero-order valence-corrected chi connectivity index (χ0v) is 9.47. The molecular formula is C14H12O3. The second-order valence-corrected chi connectivity index (χ2v) is 3.44. The first-order valence-electron chi connectivity index (χ1n) is 5.16. The minimum atomic E-state index is -0.472. The number of rotatable bonds is 3. The first-order chi connectivity index (χ1) is 8.26. The summed E-state index contributed by atoms with van der Waals surface area (Å²) in [5.41, 5.74) is 0. The van der Waals surface area contributed by atoms with E-state index >= 15 is 0 Å². The zero-order chi connectivity index (χ0) is 12.3. The van der Waals surface area contributed by atoms with Crippen molar-refractivity contribution in [1.29, 1.82) is 0 Å². The third-order valence-corrected chi connectivity index (χ3v) is 2.44. The predicted octanol–water partition coefficient (Wildman–Crippen LogP) is 2.94. The van der Waals surface area contributed by atoms with Gasteiger partial charge in [-0.2, -0.15) is 0 Å². The van der Waals surface area contributed by atoms with Gasteiger partial charge >= 0.3 is 5.97 Å². The van der Waals surface area contributed by atoms with E-state index < -0.39 is 5.97 Å². The zero-order valence-electron chi connectivity index (χ0n) is 9.47. The van der Waals surface area contributed by atoms with Crippen molar-refractivity contribution in [2.45, 2.75) is 0 Å². The number of esters is 1. The molecule has 0 aliphatic heterocycles. The molecule has 0 aliphatic rings. The van der Waals surface area contributed by atoms with Gasteiger partial charge in [0.25, 0.3) is 0 Å². The Morgan fingerprint density at radius 2 is 1.71 bits per heavy atom. The molecule has 0 heterocycles. The normalized spacial score (nSPS) is 9.94. The number of methoxy groups -OCH3 is 1. The van der Waals surface area contributed by atoms with Gasteiger partial charge in [-0.3, -0.25) is 0 Å². The molecule has 0 amide bonds. The van der Waals surface area contributed by atoms with Crippen molar-refractivity contribution in [2.75, 3.05) is 7.11 Å². The highest BCUT2D eigenvalue weighted by Crippen LogP contribution is 2.32. The summed E-state index contributed by atoms with van der Waals surface area (Å²) in [6.45, 7) is 3.37. The largest absolute Gasteiger partial charge is 0.496 e. The molecule has 2 rings (SSSR count). The molecule has 0 N–H and O–H groups in total. The van der Waals surface area contributed by atoms with Gasteiger partial charge in [0.2, 0.25) is 0 Å². The molecule has 86 valence electrons. The van der Waals surface area contributed by atoms with Crippen molar-refractivity contribution < 1.29 is 14.3 Å². The quantitative estimate of drug-likeness (QED) is 0.460. The first kappa shape index (κ1) is 11.2. The fourth-order valence-electron chi connectivity index (χ4n) is 1.66. The lowest BCUT2D eigenvalue weighted by molar-refractivity contribution is -0.128. The maximum atomic E-state index is 11.2. The molecule has 0 fully saturated rings. The standard InChI is InChI=1S/C14H12O3/c1-3-14(15)17-13-9-8-12(16-2)10-6-4-5-7-11(10)13/h3-9H,1H2,2H3. The van der Waals surface area contributed by atoms with E-state index in [9.17, 15) is 4.79 Å². The Hall–Kier alpha value is -2.29. The molecule has 2 aromatic rings. The summed E-state index contributed by atoms with van der Waals surface area (Å²) >= 11 is 0. The Morgan fingerprint density at radius 3 is 2.29 bits per heavy atom. The molecule has 0 aliphatic carbocycles. The van der Waals surface area contributed by atoms with Crippen LogP contribution in [0.2, 0.25) is 0 Å². The lowest BCUT2D eigenvalue weighted by Gasteiger charge is -2.09. The third kappa shape index (κ3) is 2.13. The van der Waals surface area contributed by atoms with E-state index in [0.717, 1.165) is 22.6 Å². The molecule has 17 heavy (non-hydrogen) atoms. The predicted molar refractivity (Wildman–Crippen MR) is 66.3 cm³/mol. The van der Waals surface area contributed by atoms with Crippen LogP contribution in [0, 0.1) is 0 Å². The van der Waals surface area contributed by atoms with E-state index in [0.29, 0.717) is 5.75 Å². The topological polar surface area (TPSA) is 35.5 Å². The maximum Gasteiger partial charge on any atom is 0.335 e. The highest BCUT2D eigenvalue weighted by molar-refractivity contribution is 5.95. The minimum Gasteiger partial charge on any atom is -0.496 e. The molecule has 0 aromatic heterocycles. The highest BCUT2D eigenvalue weighted by atomic mass is 16.5. The van der Waals surface area contributed by atoms with E-state index in [4.69, 9.17) is 9.47 Å². The van der Waals surface area contributed by atoms with Crippen LogP contribution >= 0.6 is 0 Å². The second kappa shape index (κ2) is 4.70. The summed E-state index contributed by atoms with van der Waals surface area (Å²) in [4.78, 5) is 11.2. The second-order valence-electron chi connectivity index (χ2n) is 3.44. The molecular weight excluding hydrogens is 216 g/mol. The van der Waals surface area contributed by atoms with Gasteiger partial charge in [0.1, 0.15) is 11.5 Å². The van der Waals surface area contributed by atoms with Crippen molar-refractivity contribution in [3.8, 4) is 11.5 Å². The molecule has 0 radical (unpaired) electrons. The van der Waals surface area contributed by atoms with Gasteiger partial charge in [0.15, 0.2) is 0 Å². The number of carbonyl (C=O) groups is 1. The van der Waals surface area contributed by atoms with Gasteiger partial charge in [-0.25, -0.2) is 4.79 Å². The Labute approximate surface area is 99.3 Å². The Kier molecular flexibility index (Phi) is 3.10. The van der Waals surface area contributed by atoms with Crippen molar-refractivity contribution in [1.82, 2.24) is 0 Å². The fourth-order valence-corrected chi connectivity index (χ4v) is 1.66. The van der Waals surface area contributed by atoms with E-state index in [1.165, 1.54) is 0 Å². The molecule has 2 aromatic carbocycles. The molecule has 0 saturated carbocycles. The summed E-state index contributed by atoms with van der Waals surface area (Å²) in [5.74, 6) is 0.783. The lowest BCUT2D eigenvalue weighted by Crippen LogP contribution is -2.03. The Balaban J connectivity index is 2.58. The molecule has 3 nitrogen and oxygen atoms in total. The third-order valence-electron chi connectivity index (χ3n) is 2.44. The van der Waals surface area contributed by atoms with Gasteiger partial charge < -0.3 is 9.47 Å². The fraction of sp³-hybridized carbons (Fsp3) is 0.0714. The SMILES string of the molecule is C=CC(=O)Oc1ccc(OC)c2ccccc12. The van der Waals surface area contributed by atoms with Crippen molar-refractivity contribution in [2.24, 2.45) is 0 Å². The Bertz CT molecular complexity index is 573. The number of fused-ring (bicyclic) bond motifs is 1. The van der Waals surface area contributed by atoms with Gasteiger partial charge in [-0.1, -0.05) is 30.8 Å². The summed E-state index contributed by atoms with van der Waals surface area (Å²) in [5, 5.41) is 1.74. The van der Waals surface area contributed by atoms with Crippen molar-refractivity contribution in [3.05, 3.63) is 49.1 Å². The molecule has 0 saturated heterocycles. The number of ether oxygens (including phenoxy) is 2. The number of hydrogen-bond acceptors (Lipinski definition) is 3. The first-order valence-corrected chi connectivity index (χ1v) is 5.16. The van der Waals surface area contributed by atoms with E-state index in [1.807, 2.05) is 24.3 Å². The van der Waals surface area contributed by atoms with Crippen LogP contribution in [-0.2, 0) is 4.79 Å². The number of benzene rings is 2. The van der Waals surface area contributed by atoms with Gasteiger partial charge in [0, 0.05) is 16.8 Å².